The number of nitrogen functional groups attached to an aromatic ring is 1. The quantitative estimate of drug-likeness (QED) is 0.0606. The predicted octanol–water partition coefficient (Wildman–Crippen LogP) is 6.95. The minimum atomic E-state index is -1.76. The van der Waals surface area contributed by atoms with Gasteiger partial charge in [0, 0.05) is 5.39 Å². The molecular formula is C31H40ClN6O5P. The van der Waals surface area contributed by atoms with Crippen LogP contribution >= 0.6 is 20.1 Å². The number of carbonyl (C=O) groups is 1. The second-order valence-electron chi connectivity index (χ2n) is 11.3. The zero-order chi connectivity index (χ0) is 31.1. The third-order valence-corrected chi connectivity index (χ3v) is 8.92. The smallest absolute Gasteiger partial charge is 0.323 e. The number of carbonyl (C=O) groups excluding carboxylic acids is 1. The number of ether oxygens (including phenoxy) is 2. The van der Waals surface area contributed by atoms with Crippen LogP contribution in [0, 0.1) is 5.92 Å². The first-order chi connectivity index (χ1) is 21.3. The van der Waals surface area contributed by atoms with E-state index in [2.05, 4.69) is 40.8 Å². The number of unbranched alkanes of at least 4 members (excludes halogenated alkanes) is 2. The van der Waals surface area contributed by atoms with E-state index in [0.29, 0.717) is 42.8 Å². The number of nitrogens with one attached hydrogen (secondary N) is 1. The van der Waals surface area contributed by atoms with Gasteiger partial charge in [-0.2, -0.15) is 0 Å². The van der Waals surface area contributed by atoms with Crippen molar-refractivity contribution in [3.8, 4) is 5.75 Å². The third kappa shape index (κ3) is 7.95. The first-order valence-corrected chi connectivity index (χ1v) is 16.7. The number of halogens is 1. The molecule has 3 heterocycles. The highest BCUT2D eigenvalue weighted by atomic mass is 35.5. The molecule has 13 heteroatoms. The van der Waals surface area contributed by atoms with Crippen molar-refractivity contribution in [1.29, 1.82) is 0 Å². The Kier molecular flexibility index (Phi) is 11.2. The van der Waals surface area contributed by atoms with Crippen molar-refractivity contribution < 1.29 is 23.3 Å². The lowest BCUT2D eigenvalue weighted by molar-refractivity contribution is -0.146. The van der Waals surface area contributed by atoms with Crippen LogP contribution in [0.15, 0.2) is 48.8 Å². The zero-order valence-electron chi connectivity index (χ0n) is 25.3. The monoisotopic (exact) mass is 642 g/mol. The summed E-state index contributed by atoms with van der Waals surface area (Å²) in [6, 6.07) is 13.3. The average molecular weight is 643 g/mol. The van der Waals surface area contributed by atoms with E-state index in [-0.39, 0.29) is 41.9 Å². The Morgan fingerprint density at radius 2 is 2.00 bits per heavy atom. The van der Waals surface area contributed by atoms with Crippen LogP contribution in [0.2, 0.25) is 5.28 Å². The van der Waals surface area contributed by atoms with Crippen LogP contribution in [0.4, 0.5) is 5.82 Å². The molecule has 0 radical (unpaired) electrons. The zero-order valence-corrected chi connectivity index (χ0v) is 27.0. The summed E-state index contributed by atoms with van der Waals surface area (Å²) in [5.41, 5.74) is 6.94. The Morgan fingerprint density at radius 1 is 1.18 bits per heavy atom. The third-order valence-electron chi connectivity index (χ3n) is 7.39. The summed E-state index contributed by atoms with van der Waals surface area (Å²) in [6.45, 7) is 6.90. The highest BCUT2D eigenvalue weighted by Crippen LogP contribution is 2.42. The second kappa shape index (κ2) is 15.3. The Balaban J connectivity index is 1.31. The average Bonchev–Trinajstić information content (AvgIpc) is 3.61. The summed E-state index contributed by atoms with van der Waals surface area (Å²) in [7, 11) is -1.76. The molecule has 0 aliphatic carbocycles. The largest absolute Gasteiger partial charge is 0.465 e. The lowest BCUT2D eigenvalue weighted by Gasteiger charge is -2.26. The van der Waals surface area contributed by atoms with Crippen molar-refractivity contribution in [2.75, 3.05) is 18.9 Å². The molecule has 236 valence electrons. The van der Waals surface area contributed by atoms with Crippen molar-refractivity contribution in [2.24, 2.45) is 5.92 Å². The van der Waals surface area contributed by atoms with Crippen molar-refractivity contribution in [3.05, 3.63) is 54.1 Å². The van der Waals surface area contributed by atoms with Gasteiger partial charge in [-0.25, -0.2) is 20.0 Å². The SMILES string of the molecule is CCCCCOC(=O)C(CC(C)C)NP(OCC1CCC(n2c(Cl)nc3c(N)ncnc32)O1)Oc1cccc2ccccc12. The van der Waals surface area contributed by atoms with E-state index in [9.17, 15) is 4.79 Å². The molecule has 4 atom stereocenters. The van der Waals surface area contributed by atoms with Crippen LogP contribution in [0.25, 0.3) is 21.9 Å². The van der Waals surface area contributed by atoms with E-state index in [0.717, 1.165) is 30.0 Å². The molecular weight excluding hydrogens is 603 g/mol. The van der Waals surface area contributed by atoms with Gasteiger partial charge in [0.15, 0.2) is 17.0 Å². The fourth-order valence-electron chi connectivity index (χ4n) is 5.19. The molecule has 0 saturated carbocycles. The number of rotatable bonds is 15. The first-order valence-electron chi connectivity index (χ1n) is 15.1. The van der Waals surface area contributed by atoms with Gasteiger partial charge >= 0.3 is 14.5 Å². The second-order valence-corrected chi connectivity index (χ2v) is 12.8. The first kappa shape index (κ1) is 32.3. The highest BCUT2D eigenvalue weighted by Gasteiger charge is 2.33. The van der Waals surface area contributed by atoms with Gasteiger partial charge in [0.25, 0.3) is 0 Å². The molecule has 0 spiro atoms. The molecule has 2 aromatic heterocycles. The molecule has 1 aliphatic rings. The maximum atomic E-state index is 13.2. The molecule has 11 nitrogen and oxygen atoms in total. The van der Waals surface area contributed by atoms with Gasteiger partial charge in [-0.05, 0) is 54.7 Å². The van der Waals surface area contributed by atoms with Crippen LogP contribution in [-0.4, -0.2) is 50.8 Å². The summed E-state index contributed by atoms with van der Waals surface area (Å²) >= 11 is 6.46. The summed E-state index contributed by atoms with van der Waals surface area (Å²) in [4.78, 5) is 25.8. The van der Waals surface area contributed by atoms with Crippen LogP contribution in [0.3, 0.4) is 0 Å². The van der Waals surface area contributed by atoms with Gasteiger partial charge in [-0.3, -0.25) is 9.36 Å². The molecule has 4 unspecified atom stereocenters. The highest BCUT2D eigenvalue weighted by molar-refractivity contribution is 7.45. The minimum absolute atomic E-state index is 0.232. The molecule has 2 aromatic carbocycles. The van der Waals surface area contributed by atoms with Crippen molar-refractivity contribution in [3.63, 3.8) is 0 Å². The lowest BCUT2D eigenvalue weighted by atomic mass is 10.1. The maximum absolute atomic E-state index is 13.2. The Hall–Kier alpha value is -3.08. The summed E-state index contributed by atoms with van der Waals surface area (Å²) in [6.07, 6.45) is 5.62. The van der Waals surface area contributed by atoms with Gasteiger partial charge in [0.1, 0.15) is 24.3 Å². The molecule has 0 amide bonds. The number of anilines is 1. The van der Waals surface area contributed by atoms with E-state index in [1.165, 1.54) is 6.33 Å². The minimum Gasteiger partial charge on any atom is -0.465 e. The molecule has 1 fully saturated rings. The molecule has 44 heavy (non-hydrogen) atoms. The lowest BCUT2D eigenvalue weighted by Crippen LogP contribution is -2.38. The number of imidazole rings is 1. The maximum Gasteiger partial charge on any atom is 0.323 e. The van der Waals surface area contributed by atoms with E-state index < -0.39 is 14.6 Å². The van der Waals surface area contributed by atoms with E-state index >= 15 is 0 Å². The topological polar surface area (TPSA) is 136 Å². The number of esters is 1. The summed E-state index contributed by atoms with van der Waals surface area (Å²) in [5, 5.41) is 5.60. The Bertz CT molecular complexity index is 1550. The number of hydrogen-bond donors (Lipinski definition) is 2. The number of nitrogens with zero attached hydrogens (tertiary/aromatic N) is 4. The molecule has 3 N–H and O–H groups in total. The number of hydrogen-bond acceptors (Lipinski definition) is 10. The summed E-state index contributed by atoms with van der Waals surface area (Å²) in [5.74, 6) is 0.875. The Labute approximate surface area is 263 Å². The standard InChI is InChI=1S/C31H40ClN6O5P/c1-4-5-8-16-40-30(39)24(17-20(2)3)37-44(43-25-13-9-11-21-10-6-7-12-23(21)25)41-18-22-14-15-26(42-22)38-29-27(36-31(38)32)28(33)34-19-35-29/h6-7,9-13,19-20,22,24,26,37H,4-5,8,14-18H2,1-3H3,(H2,33,34,35). The summed E-state index contributed by atoms with van der Waals surface area (Å²) < 4.78 is 26.6. The Morgan fingerprint density at radius 3 is 2.82 bits per heavy atom. The van der Waals surface area contributed by atoms with Gasteiger partial charge in [0.2, 0.25) is 5.28 Å². The number of fused-ring (bicyclic) bond motifs is 2. The van der Waals surface area contributed by atoms with Crippen molar-refractivity contribution in [1.82, 2.24) is 24.6 Å². The molecule has 1 saturated heterocycles. The van der Waals surface area contributed by atoms with Gasteiger partial charge < -0.3 is 24.3 Å². The molecule has 4 aromatic rings. The van der Waals surface area contributed by atoms with Crippen LogP contribution < -0.4 is 15.3 Å². The van der Waals surface area contributed by atoms with Crippen LogP contribution in [0.5, 0.6) is 5.75 Å². The van der Waals surface area contributed by atoms with Crippen molar-refractivity contribution >= 4 is 53.9 Å². The predicted molar refractivity (Wildman–Crippen MR) is 172 cm³/mol. The van der Waals surface area contributed by atoms with E-state index in [1.54, 1.807) is 4.57 Å². The molecule has 1 aliphatic heterocycles. The number of benzene rings is 2. The van der Waals surface area contributed by atoms with Gasteiger partial charge in [-0.1, -0.05) is 70.0 Å². The van der Waals surface area contributed by atoms with Crippen LogP contribution in [-0.2, 0) is 18.8 Å². The fraction of sp³-hybridized carbons (Fsp3) is 0.484. The van der Waals surface area contributed by atoms with Crippen molar-refractivity contribution in [2.45, 2.75) is 77.7 Å². The van der Waals surface area contributed by atoms with Gasteiger partial charge in [-0.15, -0.1) is 0 Å². The number of aromatic nitrogens is 4. The molecule has 5 rings (SSSR count). The van der Waals surface area contributed by atoms with E-state index in [1.807, 2.05) is 42.5 Å². The van der Waals surface area contributed by atoms with Crippen LogP contribution in [0.1, 0.15) is 65.5 Å². The number of nitrogens with two attached hydrogens (primary N) is 1. The van der Waals surface area contributed by atoms with E-state index in [4.69, 9.17) is 35.9 Å². The fourth-order valence-corrected chi connectivity index (χ4v) is 6.74. The molecule has 0 bridgehead atoms. The normalized spacial score (nSPS) is 18.2. The van der Waals surface area contributed by atoms with Gasteiger partial charge in [0.05, 0.1) is 19.3 Å².